The summed E-state index contributed by atoms with van der Waals surface area (Å²) < 4.78 is 27.2. The van der Waals surface area contributed by atoms with Crippen LogP contribution in [-0.4, -0.2) is 20.0 Å². The summed E-state index contributed by atoms with van der Waals surface area (Å²) in [6, 6.07) is 4.95. The Hall–Kier alpha value is -0.980. The highest BCUT2D eigenvalue weighted by Crippen LogP contribution is 2.19. The van der Waals surface area contributed by atoms with Gasteiger partial charge in [0, 0.05) is 12.1 Å². The third-order valence-electron chi connectivity index (χ3n) is 2.55. The summed E-state index contributed by atoms with van der Waals surface area (Å²) in [7, 11) is -3.55. The molecule has 0 amide bonds. The van der Waals surface area contributed by atoms with E-state index in [1.807, 2.05) is 20.8 Å². The van der Waals surface area contributed by atoms with E-state index >= 15 is 0 Å². The Balaban J connectivity index is 3.14. The standard InChI is InChI=1S/C13H20N2O2S2/c1-9-5-6-10(12(14)18)7-11(9)19(16,17)15-8-13(2,3)4/h5-7,15H,8H2,1-4H3,(H2,14,18). The Bertz CT molecular complexity index is 587. The highest BCUT2D eigenvalue weighted by Gasteiger charge is 2.20. The lowest BCUT2D eigenvalue weighted by atomic mass is 9.98. The van der Waals surface area contributed by atoms with Crippen molar-refractivity contribution >= 4 is 27.2 Å². The summed E-state index contributed by atoms with van der Waals surface area (Å²) in [6.45, 7) is 8.01. The molecule has 0 radical (unpaired) electrons. The first-order chi connectivity index (χ1) is 8.53. The molecule has 0 aliphatic carbocycles. The van der Waals surface area contributed by atoms with Crippen molar-refractivity contribution in [1.82, 2.24) is 4.72 Å². The molecule has 0 heterocycles. The van der Waals surface area contributed by atoms with Crippen LogP contribution in [0, 0.1) is 12.3 Å². The molecule has 19 heavy (non-hydrogen) atoms. The van der Waals surface area contributed by atoms with Crippen LogP contribution in [0.15, 0.2) is 23.1 Å². The Morgan fingerprint density at radius 2 is 1.95 bits per heavy atom. The zero-order valence-electron chi connectivity index (χ0n) is 11.6. The Kier molecular flexibility index (Phi) is 4.71. The largest absolute Gasteiger partial charge is 0.389 e. The number of nitrogens with two attached hydrogens (primary N) is 1. The van der Waals surface area contributed by atoms with Crippen LogP contribution in [0.25, 0.3) is 0 Å². The van der Waals surface area contributed by atoms with Crippen molar-refractivity contribution in [2.75, 3.05) is 6.54 Å². The minimum atomic E-state index is -3.55. The zero-order chi connectivity index (χ0) is 14.8. The summed E-state index contributed by atoms with van der Waals surface area (Å²) in [5.74, 6) is 0. The molecule has 0 spiro atoms. The van der Waals surface area contributed by atoms with E-state index in [2.05, 4.69) is 4.72 Å². The zero-order valence-corrected chi connectivity index (χ0v) is 13.3. The van der Waals surface area contributed by atoms with Crippen molar-refractivity contribution in [3.8, 4) is 0 Å². The molecule has 6 heteroatoms. The lowest BCUT2D eigenvalue weighted by molar-refractivity contribution is 0.407. The van der Waals surface area contributed by atoms with Crippen molar-refractivity contribution in [1.29, 1.82) is 0 Å². The molecule has 3 N–H and O–H groups in total. The molecule has 1 rings (SSSR count). The first kappa shape index (κ1) is 16.1. The second-order valence-electron chi connectivity index (χ2n) is 5.73. The minimum absolute atomic E-state index is 0.123. The summed E-state index contributed by atoms with van der Waals surface area (Å²) in [4.78, 5) is 0.411. The normalized spacial score (nSPS) is 12.4. The van der Waals surface area contributed by atoms with E-state index in [1.165, 1.54) is 6.07 Å². The molecule has 1 aromatic carbocycles. The molecule has 1 aromatic rings. The van der Waals surface area contributed by atoms with Crippen LogP contribution in [0.5, 0.6) is 0 Å². The third-order valence-corrected chi connectivity index (χ3v) is 4.33. The molecule has 0 aliphatic heterocycles. The molecule has 0 aliphatic rings. The molecule has 0 bridgehead atoms. The first-order valence-electron chi connectivity index (χ1n) is 5.93. The second-order valence-corrected chi connectivity index (χ2v) is 7.90. The predicted molar refractivity (Wildman–Crippen MR) is 81.7 cm³/mol. The van der Waals surface area contributed by atoms with Crippen LogP contribution in [0.1, 0.15) is 31.9 Å². The monoisotopic (exact) mass is 300 g/mol. The van der Waals surface area contributed by atoms with Gasteiger partial charge in [-0.3, -0.25) is 0 Å². The van der Waals surface area contributed by atoms with Crippen molar-refractivity contribution in [3.63, 3.8) is 0 Å². The molecule has 106 valence electrons. The Morgan fingerprint density at radius 1 is 1.37 bits per heavy atom. The average Bonchev–Trinajstić information content (AvgIpc) is 2.25. The van der Waals surface area contributed by atoms with Gasteiger partial charge in [-0.15, -0.1) is 0 Å². The van der Waals surface area contributed by atoms with Crippen molar-refractivity contribution in [2.45, 2.75) is 32.6 Å². The highest BCUT2D eigenvalue weighted by atomic mass is 32.2. The number of thiocarbonyl (C=S) groups is 1. The van der Waals surface area contributed by atoms with Gasteiger partial charge in [0.05, 0.1) is 4.90 Å². The summed E-state index contributed by atoms with van der Waals surface area (Å²) in [6.07, 6.45) is 0. The van der Waals surface area contributed by atoms with Gasteiger partial charge in [0.1, 0.15) is 4.99 Å². The van der Waals surface area contributed by atoms with Crippen LogP contribution >= 0.6 is 12.2 Å². The second kappa shape index (κ2) is 5.56. The lowest BCUT2D eigenvalue weighted by Gasteiger charge is -2.19. The summed E-state index contributed by atoms with van der Waals surface area (Å²) in [5.41, 5.74) is 6.63. The first-order valence-corrected chi connectivity index (χ1v) is 7.82. The molecule has 4 nitrogen and oxygen atoms in total. The maximum Gasteiger partial charge on any atom is 0.240 e. The number of nitrogens with one attached hydrogen (secondary N) is 1. The maximum absolute atomic E-state index is 12.3. The van der Waals surface area contributed by atoms with E-state index in [-0.39, 0.29) is 15.3 Å². The quantitative estimate of drug-likeness (QED) is 0.834. The van der Waals surface area contributed by atoms with Crippen LogP contribution < -0.4 is 10.5 Å². The van der Waals surface area contributed by atoms with Crippen molar-refractivity contribution < 1.29 is 8.42 Å². The molecule has 0 atom stereocenters. The van der Waals surface area contributed by atoms with Crippen LogP contribution in [0.3, 0.4) is 0 Å². The number of hydrogen-bond acceptors (Lipinski definition) is 3. The lowest BCUT2D eigenvalue weighted by Crippen LogP contribution is -2.32. The summed E-state index contributed by atoms with van der Waals surface area (Å²) >= 11 is 4.87. The van der Waals surface area contributed by atoms with E-state index in [4.69, 9.17) is 18.0 Å². The van der Waals surface area contributed by atoms with Gasteiger partial charge in [0.25, 0.3) is 0 Å². The molecule has 0 fully saturated rings. The summed E-state index contributed by atoms with van der Waals surface area (Å²) in [5, 5.41) is 0. The van der Waals surface area contributed by atoms with Gasteiger partial charge in [-0.2, -0.15) is 0 Å². The van der Waals surface area contributed by atoms with Gasteiger partial charge in [-0.05, 0) is 24.0 Å². The number of aryl methyl sites for hydroxylation is 1. The van der Waals surface area contributed by atoms with Gasteiger partial charge in [-0.1, -0.05) is 45.1 Å². The van der Waals surface area contributed by atoms with Gasteiger partial charge < -0.3 is 5.73 Å². The molecule has 0 unspecified atom stereocenters. The van der Waals surface area contributed by atoms with E-state index in [0.29, 0.717) is 17.7 Å². The molecule has 0 saturated heterocycles. The van der Waals surface area contributed by atoms with Crippen molar-refractivity contribution in [2.24, 2.45) is 11.1 Å². The van der Waals surface area contributed by atoms with E-state index in [1.54, 1.807) is 19.1 Å². The molecular formula is C13H20N2O2S2. The molecule has 0 aromatic heterocycles. The highest BCUT2D eigenvalue weighted by molar-refractivity contribution is 7.89. The van der Waals surface area contributed by atoms with Gasteiger partial charge in [0.2, 0.25) is 10.0 Å². The third kappa shape index (κ3) is 4.56. The van der Waals surface area contributed by atoms with E-state index < -0.39 is 10.0 Å². The van der Waals surface area contributed by atoms with Gasteiger partial charge in [0.15, 0.2) is 0 Å². The minimum Gasteiger partial charge on any atom is -0.389 e. The van der Waals surface area contributed by atoms with E-state index in [9.17, 15) is 8.42 Å². The molecular weight excluding hydrogens is 280 g/mol. The van der Waals surface area contributed by atoms with E-state index in [0.717, 1.165) is 0 Å². The van der Waals surface area contributed by atoms with Gasteiger partial charge >= 0.3 is 0 Å². The van der Waals surface area contributed by atoms with Crippen molar-refractivity contribution in [3.05, 3.63) is 29.3 Å². The Morgan fingerprint density at radius 3 is 2.42 bits per heavy atom. The SMILES string of the molecule is Cc1ccc(C(N)=S)cc1S(=O)(=O)NCC(C)(C)C. The fourth-order valence-corrected chi connectivity index (χ4v) is 3.11. The smallest absolute Gasteiger partial charge is 0.240 e. The van der Waals surface area contributed by atoms with Crippen LogP contribution in [0.4, 0.5) is 0 Å². The van der Waals surface area contributed by atoms with Crippen LogP contribution in [-0.2, 0) is 10.0 Å². The predicted octanol–water partition coefficient (Wildman–Crippen LogP) is 1.95. The fourth-order valence-electron chi connectivity index (χ4n) is 1.43. The number of rotatable bonds is 4. The number of benzene rings is 1. The molecule has 0 saturated carbocycles. The number of hydrogen-bond donors (Lipinski definition) is 2. The maximum atomic E-state index is 12.3. The van der Waals surface area contributed by atoms with Gasteiger partial charge in [-0.25, -0.2) is 13.1 Å². The fraction of sp³-hybridized carbons (Fsp3) is 0.462. The average molecular weight is 300 g/mol. The Labute approximate surface area is 120 Å². The van der Waals surface area contributed by atoms with Crippen LogP contribution in [0.2, 0.25) is 0 Å². The topological polar surface area (TPSA) is 72.2 Å². The number of sulfonamides is 1.